The largest absolute Gasteiger partial charge is 0.492 e. The van der Waals surface area contributed by atoms with Crippen LogP contribution in [0.15, 0.2) is 24.3 Å². The Labute approximate surface area is 137 Å². The highest BCUT2D eigenvalue weighted by Gasteiger charge is 2.22. The summed E-state index contributed by atoms with van der Waals surface area (Å²) >= 11 is 0. The van der Waals surface area contributed by atoms with Gasteiger partial charge in [-0.15, -0.1) is 0 Å². The van der Waals surface area contributed by atoms with Crippen molar-refractivity contribution >= 4 is 11.8 Å². The number of urea groups is 1. The first-order valence-electron chi connectivity index (χ1n) is 8.45. The predicted octanol–water partition coefficient (Wildman–Crippen LogP) is 2.69. The van der Waals surface area contributed by atoms with E-state index < -0.39 is 0 Å². The second-order valence-corrected chi connectivity index (χ2v) is 5.89. The standard InChI is InChI=1S/C18H26N2O3/c1-2-19-18(22)20-11-12-23-16-9-7-14(8-10-16)13-15-5-3-4-6-17(15)21/h7-10,15H,2-6,11-13H2,1H3,(H2,19,20,22). The van der Waals surface area contributed by atoms with E-state index in [1.54, 1.807) is 0 Å². The average Bonchev–Trinajstić information content (AvgIpc) is 2.55. The molecule has 2 N–H and O–H groups in total. The zero-order valence-corrected chi connectivity index (χ0v) is 13.8. The van der Waals surface area contributed by atoms with Crippen molar-refractivity contribution in [2.75, 3.05) is 19.7 Å². The topological polar surface area (TPSA) is 67.4 Å². The van der Waals surface area contributed by atoms with Gasteiger partial charge in [0.15, 0.2) is 0 Å². The molecule has 2 amide bonds. The Bertz CT molecular complexity index is 514. The molecule has 126 valence electrons. The molecule has 1 saturated carbocycles. The molecular formula is C18H26N2O3. The smallest absolute Gasteiger partial charge is 0.314 e. The molecule has 1 unspecified atom stereocenters. The number of carbonyl (C=O) groups excluding carboxylic acids is 2. The number of Topliss-reactive ketones (excluding diaryl/α,β-unsaturated/α-hetero) is 1. The minimum atomic E-state index is -0.177. The average molecular weight is 318 g/mol. The number of nitrogens with one attached hydrogen (secondary N) is 2. The molecule has 0 heterocycles. The maximum Gasteiger partial charge on any atom is 0.314 e. The van der Waals surface area contributed by atoms with E-state index in [-0.39, 0.29) is 11.9 Å². The first-order chi connectivity index (χ1) is 11.2. The SMILES string of the molecule is CCNC(=O)NCCOc1ccc(CC2CCCCC2=O)cc1. The molecule has 1 aromatic rings. The van der Waals surface area contributed by atoms with Crippen molar-refractivity contribution in [2.24, 2.45) is 5.92 Å². The maximum absolute atomic E-state index is 11.9. The van der Waals surface area contributed by atoms with Gasteiger partial charge in [-0.3, -0.25) is 4.79 Å². The van der Waals surface area contributed by atoms with Crippen LogP contribution in [0.5, 0.6) is 5.75 Å². The Morgan fingerprint density at radius 3 is 2.70 bits per heavy atom. The molecule has 0 aliphatic heterocycles. The summed E-state index contributed by atoms with van der Waals surface area (Å²) in [5.74, 6) is 1.38. The van der Waals surface area contributed by atoms with Gasteiger partial charge in [-0.1, -0.05) is 18.6 Å². The fourth-order valence-corrected chi connectivity index (χ4v) is 2.83. The molecule has 0 aromatic heterocycles. The number of benzene rings is 1. The van der Waals surface area contributed by atoms with Crippen LogP contribution < -0.4 is 15.4 Å². The Morgan fingerprint density at radius 1 is 1.22 bits per heavy atom. The van der Waals surface area contributed by atoms with E-state index >= 15 is 0 Å². The molecule has 1 aliphatic rings. The number of rotatable bonds is 7. The van der Waals surface area contributed by atoms with Crippen molar-refractivity contribution in [1.29, 1.82) is 0 Å². The summed E-state index contributed by atoms with van der Waals surface area (Å²) in [6.07, 6.45) is 4.80. The molecule has 2 rings (SSSR count). The normalized spacial score (nSPS) is 17.6. The monoisotopic (exact) mass is 318 g/mol. The van der Waals surface area contributed by atoms with Crippen LogP contribution >= 0.6 is 0 Å². The van der Waals surface area contributed by atoms with Crippen molar-refractivity contribution in [1.82, 2.24) is 10.6 Å². The minimum absolute atomic E-state index is 0.177. The van der Waals surface area contributed by atoms with Gasteiger partial charge in [-0.2, -0.15) is 0 Å². The van der Waals surface area contributed by atoms with Gasteiger partial charge < -0.3 is 15.4 Å². The lowest BCUT2D eigenvalue weighted by Crippen LogP contribution is -2.37. The molecule has 5 nitrogen and oxygen atoms in total. The second-order valence-electron chi connectivity index (χ2n) is 5.89. The van der Waals surface area contributed by atoms with Crippen molar-refractivity contribution in [3.63, 3.8) is 0 Å². The summed E-state index contributed by atoms with van der Waals surface area (Å²) < 4.78 is 5.59. The number of amides is 2. The number of ether oxygens (including phenoxy) is 1. The summed E-state index contributed by atoms with van der Waals surface area (Å²) in [4.78, 5) is 23.1. The quantitative estimate of drug-likeness (QED) is 0.760. The molecule has 1 atom stereocenters. The fourth-order valence-electron chi connectivity index (χ4n) is 2.83. The molecule has 0 spiro atoms. The Hall–Kier alpha value is -2.04. The molecule has 23 heavy (non-hydrogen) atoms. The Balaban J connectivity index is 1.71. The summed E-state index contributed by atoms with van der Waals surface area (Å²) in [7, 11) is 0. The maximum atomic E-state index is 11.9. The van der Waals surface area contributed by atoms with Crippen molar-refractivity contribution in [2.45, 2.75) is 39.0 Å². The molecule has 5 heteroatoms. The molecule has 0 saturated heterocycles. The fraction of sp³-hybridized carbons (Fsp3) is 0.556. The Morgan fingerprint density at radius 2 is 2.00 bits per heavy atom. The van der Waals surface area contributed by atoms with Crippen LogP contribution in [-0.2, 0) is 11.2 Å². The molecule has 1 aromatic carbocycles. The first-order valence-corrected chi connectivity index (χ1v) is 8.45. The van der Waals surface area contributed by atoms with Crippen LogP contribution in [0.4, 0.5) is 4.79 Å². The summed E-state index contributed by atoms with van der Waals surface area (Å²) in [6, 6.07) is 7.72. The zero-order chi connectivity index (χ0) is 16.5. The lowest BCUT2D eigenvalue weighted by molar-refractivity contribution is -0.124. The van der Waals surface area contributed by atoms with Gasteiger partial charge in [0.05, 0.1) is 6.54 Å². The van der Waals surface area contributed by atoms with E-state index in [4.69, 9.17) is 4.74 Å². The van der Waals surface area contributed by atoms with E-state index in [0.717, 1.165) is 37.9 Å². The third-order valence-corrected chi connectivity index (χ3v) is 4.08. The van der Waals surface area contributed by atoms with Crippen molar-refractivity contribution in [3.05, 3.63) is 29.8 Å². The van der Waals surface area contributed by atoms with E-state index in [2.05, 4.69) is 10.6 Å². The third kappa shape index (κ3) is 5.93. The van der Waals surface area contributed by atoms with Crippen LogP contribution in [0, 0.1) is 5.92 Å². The number of hydrogen-bond acceptors (Lipinski definition) is 3. The van der Waals surface area contributed by atoms with Gasteiger partial charge in [0.25, 0.3) is 0 Å². The van der Waals surface area contributed by atoms with Gasteiger partial charge in [-0.25, -0.2) is 4.79 Å². The highest BCUT2D eigenvalue weighted by Crippen LogP contribution is 2.24. The van der Waals surface area contributed by atoms with Gasteiger partial charge in [0.2, 0.25) is 0 Å². The highest BCUT2D eigenvalue weighted by atomic mass is 16.5. The molecule has 0 bridgehead atoms. The predicted molar refractivity (Wildman–Crippen MR) is 89.7 cm³/mol. The first kappa shape index (κ1) is 17.3. The molecule has 1 aliphatic carbocycles. The minimum Gasteiger partial charge on any atom is -0.492 e. The van der Waals surface area contributed by atoms with E-state index in [9.17, 15) is 9.59 Å². The van der Waals surface area contributed by atoms with Gasteiger partial charge >= 0.3 is 6.03 Å². The highest BCUT2D eigenvalue weighted by molar-refractivity contribution is 5.81. The zero-order valence-electron chi connectivity index (χ0n) is 13.8. The lowest BCUT2D eigenvalue weighted by Gasteiger charge is -2.20. The van der Waals surface area contributed by atoms with E-state index in [1.165, 1.54) is 5.56 Å². The van der Waals surface area contributed by atoms with Crippen LogP contribution in [0.1, 0.15) is 38.2 Å². The van der Waals surface area contributed by atoms with Gasteiger partial charge in [0, 0.05) is 18.9 Å². The van der Waals surface area contributed by atoms with Gasteiger partial charge in [-0.05, 0) is 43.9 Å². The number of ketones is 1. The van der Waals surface area contributed by atoms with E-state index in [1.807, 2.05) is 31.2 Å². The van der Waals surface area contributed by atoms with Crippen LogP contribution in [0.25, 0.3) is 0 Å². The van der Waals surface area contributed by atoms with Crippen LogP contribution in [0.3, 0.4) is 0 Å². The summed E-state index contributed by atoms with van der Waals surface area (Å²) in [6.45, 7) is 3.37. The molecular weight excluding hydrogens is 292 g/mol. The lowest BCUT2D eigenvalue weighted by atomic mass is 9.84. The Kier molecular flexibility index (Phi) is 6.91. The number of hydrogen-bond donors (Lipinski definition) is 2. The third-order valence-electron chi connectivity index (χ3n) is 4.08. The van der Waals surface area contributed by atoms with Crippen molar-refractivity contribution < 1.29 is 14.3 Å². The molecule has 1 fully saturated rings. The van der Waals surface area contributed by atoms with E-state index in [0.29, 0.717) is 25.5 Å². The van der Waals surface area contributed by atoms with Crippen LogP contribution in [0.2, 0.25) is 0 Å². The second kappa shape index (κ2) is 9.18. The van der Waals surface area contributed by atoms with Crippen LogP contribution in [-0.4, -0.2) is 31.5 Å². The van der Waals surface area contributed by atoms with Crippen molar-refractivity contribution in [3.8, 4) is 5.75 Å². The summed E-state index contributed by atoms with van der Waals surface area (Å²) in [5, 5.41) is 5.37. The number of carbonyl (C=O) groups is 2. The van der Waals surface area contributed by atoms with Gasteiger partial charge in [0.1, 0.15) is 18.1 Å². The molecule has 0 radical (unpaired) electrons. The summed E-state index contributed by atoms with van der Waals surface area (Å²) in [5.41, 5.74) is 1.18.